The van der Waals surface area contributed by atoms with E-state index in [0.29, 0.717) is 16.7 Å². The molecule has 0 saturated carbocycles. The largest absolute Gasteiger partial charge is 0.486 e. The summed E-state index contributed by atoms with van der Waals surface area (Å²) < 4.78 is 5.67. The lowest BCUT2D eigenvalue weighted by Crippen LogP contribution is -2.38. The highest BCUT2D eigenvalue weighted by molar-refractivity contribution is 6.21. The van der Waals surface area contributed by atoms with Crippen molar-refractivity contribution in [1.29, 1.82) is 0 Å². The predicted molar refractivity (Wildman–Crippen MR) is 99.7 cm³/mol. The van der Waals surface area contributed by atoms with Crippen LogP contribution in [0.25, 0.3) is 6.08 Å². The van der Waals surface area contributed by atoms with Crippen molar-refractivity contribution < 1.29 is 19.1 Å². The second kappa shape index (κ2) is 6.72. The zero-order chi connectivity index (χ0) is 19.0. The van der Waals surface area contributed by atoms with Crippen LogP contribution in [0.3, 0.4) is 0 Å². The molecule has 2 heterocycles. The third-order valence-corrected chi connectivity index (χ3v) is 4.63. The van der Waals surface area contributed by atoms with Gasteiger partial charge in [-0.1, -0.05) is 18.2 Å². The summed E-state index contributed by atoms with van der Waals surface area (Å²) in [4.78, 5) is 38.2. The molecule has 6 heteroatoms. The van der Waals surface area contributed by atoms with Gasteiger partial charge in [0.25, 0.3) is 17.7 Å². The van der Waals surface area contributed by atoms with E-state index in [0.717, 1.165) is 16.2 Å². The molecule has 27 heavy (non-hydrogen) atoms. The Morgan fingerprint density at radius 3 is 2.52 bits per heavy atom. The molecule has 2 aromatic rings. The Bertz CT molecular complexity index is 945. The van der Waals surface area contributed by atoms with E-state index in [9.17, 15) is 14.4 Å². The van der Waals surface area contributed by atoms with Crippen LogP contribution >= 0.6 is 0 Å². The molecule has 1 unspecified atom stereocenters. The van der Waals surface area contributed by atoms with Gasteiger partial charge < -0.3 is 10.1 Å². The zero-order valence-corrected chi connectivity index (χ0v) is 14.8. The Labute approximate surface area is 156 Å². The minimum Gasteiger partial charge on any atom is -0.486 e. The first kappa shape index (κ1) is 17.0. The van der Waals surface area contributed by atoms with E-state index >= 15 is 0 Å². The maximum Gasteiger partial charge on any atom is 0.261 e. The van der Waals surface area contributed by atoms with E-state index in [2.05, 4.69) is 5.32 Å². The van der Waals surface area contributed by atoms with Gasteiger partial charge in [-0.15, -0.1) is 0 Å². The van der Waals surface area contributed by atoms with Crippen molar-refractivity contribution in [3.05, 3.63) is 70.8 Å². The first-order valence-electron chi connectivity index (χ1n) is 8.77. The number of rotatable bonds is 4. The Hall–Kier alpha value is -3.41. The van der Waals surface area contributed by atoms with Gasteiger partial charge in [0.15, 0.2) is 0 Å². The molecule has 0 fully saturated rings. The Balaban J connectivity index is 1.38. The van der Waals surface area contributed by atoms with Gasteiger partial charge in [0.05, 0.1) is 11.1 Å². The number of carbonyl (C=O) groups excluding carboxylic acids is 3. The van der Waals surface area contributed by atoms with Gasteiger partial charge in [-0.25, -0.2) is 0 Å². The summed E-state index contributed by atoms with van der Waals surface area (Å²) in [5, 5.41) is 2.76. The van der Waals surface area contributed by atoms with Crippen LogP contribution in [0.5, 0.6) is 5.75 Å². The smallest absolute Gasteiger partial charge is 0.261 e. The summed E-state index contributed by atoms with van der Waals surface area (Å²) in [6.45, 7) is 2.26. The second-order valence-corrected chi connectivity index (χ2v) is 6.50. The topological polar surface area (TPSA) is 75.7 Å². The van der Waals surface area contributed by atoms with Gasteiger partial charge in [-0.3, -0.25) is 19.3 Å². The van der Waals surface area contributed by atoms with Crippen LogP contribution in [-0.2, 0) is 0 Å². The molecule has 1 atom stereocenters. The Morgan fingerprint density at radius 1 is 1.11 bits per heavy atom. The molecule has 0 spiro atoms. The molecule has 3 amide bonds. The van der Waals surface area contributed by atoms with E-state index in [1.807, 2.05) is 19.1 Å². The van der Waals surface area contributed by atoms with Gasteiger partial charge in [0, 0.05) is 24.2 Å². The van der Waals surface area contributed by atoms with Crippen molar-refractivity contribution in [2.45, 2.75) is 13.0 Å². The quantitative estimate of drug-likeness (QED) is 0.848. The van der Waals surface area contributed by atoms with E-state index in [1.165, 1.54) is 0 Å². The zero-order valence-electron chi connectivity index (χ0n) is 14.8. The number of amides is 3. The van der Waals surface area contributed by atoms with Crippen molar-refractivity contribution in [2.75, 3.05) is 13.1 Å². The maximum atomic E-state index is 12.4. The van der Waals surface area contributed by atoms with Crippen molar-refractivity contribution >= 4 is 23.8 Å². The van der Waals surface area contributed by atoms with Gasteiger partial charge in [-0.05, 0) is 43.3 Å². The van der Waals surface area contributed by atoms with Crippen LogP contribution in [0.2, 0.25) is 0 Å². The Kier molecular flexibility index (Phi) is 4.24. The van der Waals surface area contributed by atoms with E-state index in [4.69, 9.17) is 4.74 Å². The van der Waals surface area contributed by atoms with Crippen molar-refractivity contribution in [1.82, 2.24) is 10.2 Å². The van der Waals surface area contributed by atoms with Gasteiger partial charge in [-0.2, -0.15) is 0 Å². The van der Waals surface area contributed by atoms with Crippen molar-refractivity contribution in [2.24, 2.45) is 0 Å². The minimum absolute atomic E-state index is 0.0110. The van der Waals surface area contributed by atoms with Gasteiger partial charge in [0.1, 0.15) is 11.9 Å². The van der Waals surface area contributed by atoms with E-state index in [-0.39, 0.29) is 36.9 Å². The molecule has 1 N–H and O–H groups in total. The first-order chi connectivity index (χ1) is 13.0. The molecule has 6 nitrogen and oxygen atoms in total. The Morgan fingerprint density at radius 2 is 1.81 bits per heavy atom. The lowest BCUT2D eigenvalue weighted by Gasteiger charge is -2.19. The fourth-order valence-corrected chi connectivity index (χ4v) is 3.23. The molecular weight excluding hydrogens is 344 g/mol. The summed E-state index contributed by atoms with van der Waals surface area (Å²) in [5.74, 6) is -0.168. The molecule has 2 aromatic carbocycles. The summed E-state index contributed by atoms with van der Waals surface area (Å²) in [5.41, 5.74) is 2.16. The SMILES string of the molecule is CC1C=Cc2cc(C(=O)NCCN3C(=O)c4ccccc4C3=O)ccc2O1. The van der Waals surface area contributed by atoms with Crippen molar-refractivity contribution in [3.8, 4) is 5.75 Å². The molecule has 136 valence electrons. The number of carbonyl (C=O) groups is 3. The normalized spacial score (nSPS) is 17.4. The van der Waals surface area contributed by atoms with Gasteiger partial charge in [0.2, 0.25) is 0 Å². The summed E-state index contributed by atoms with van der Waals surface area (Å²) in [7, 11) is 0. The fraction of sp³-hybridized carbons (Fsp3) is 0.190. The third kappa shape index (κ3) is 3.10. The molecule has 2 aliphatic rings. The van der Waals surface area contributed by atoms with E-state index < -0.39 is 0 Å². The summed E-state index contributed by atoms with van der Waals surface area (Å²) >= 11 is 0. The first-order valence-corrected chi connectivity index (χ1v) is 8.77. The molecule has 0 bridgehead atoms. The third-order valence-electron chi connectivity index (χ3n) is 4.63. The summed E-state index contributed by atoms with van der Waals surface area (Å²) in [6.07, 6.45) is 3.86. The lowest BCUT2D eigenvalue weighted by molar-refractivity contribution is 0.0650. The lowest BCUT2D eigenvalue weighted by atomic mass is 10.1. The number of hydrogen-bond acceptors (Lipinski definition) is 4. The number of fused-ring (bicyclic) bond motifs is 2. The molecule has 0 radical (unpaired) electrons. The molecule has 4 rings (SSSR count). The van der Waals surface area contributed by atoms with Crippen LogP contribution in [0.15, 0.2) is 48.5 Å². The number of benzene rings is 2. The highest BCUT2D eigenvalue weighted by Crippen LogP contribution is 2.27. The van der Waals surface area contributed by atoms with E-state index in [1.54, 1.807) is 42.5 Å². The van der Waals surface area contributed by atoms with Crippen LogP contribution in [-0.4, -0.2) is 41.8 Å². The second-order valence-electron chi connectivity index (χ2n) is 6.50. The fourth-order valence-electron chi connectivity index (χ4n) is 3.23. The molecule has 2 aliphatic heterocycles. The van der Waals surface area contributed by atoms with Crippen molar-refractivity contribution in [3.63, 3.8) is 0 Å². The summed E-state index contributed by atoms with van der Waals surface area (Å²) in [6, 6.07) is 12.0. The van der Waals surface area contributed by atoms with Crippen LogP contribution in [0.1, 0.15) is 43.6 Å². The average Bonchev–Trinajstić information content (AvgIpc) is 2.92. The number of hydrogen-bond donors (Lipinski definition) is 1. The molecule has 0 aliphatic carbocycles. The highest BCUT2D eigenvalue weighted by Gasteiger charge is 2.34. The monoisotopic (exact) mass is 362 g/mol. The van der Waals surface area contributed by atoms with Crippen LogP contribution in [0.4, 0.5) is 0 Å². The van der Waals surface area contributed by atoms with Gasteiger partial charge >= 0.3 is 0 Å². The standard InChI is InChI=1S/C21H18N2O4/c1-13-6-7-14-12-15(8-9-18(14)27-13)19(24)22-10-11-23-20(25)16-4-2-3-5-17(16)21(23)26/h2-9,12-13H,10-11H2,1H3,(H,22,24). The molecule has 0 aromatic heterocycles. The number of nitrogens with zero attached hydrogens (tertiary/aromatic N) is 1. The predicted octanol–water partition coefficient (Wildman–Crippen LogP) is 2.51. The van der Waals surface area contributed by atoms with Crippen LogP contribution in [0, 0.1) is 0 Å². The molecular formula is C21H18N2O4. The minimum atomic E-state index is -0.324. The number of imide groups is 1. The number of ether oxygens (including phenoxy) is 1. The number of nitrogens with one attached hydrogen (secondary N) is 1. The highest BCUT2D eigenvalue weighted by atomic mass is 16.5. The maximum absolute atomic E-state index is 12.4. The average molecular weight is 362 g/mol. The molecule has 0 saturated heterocycles. The van der Waals surface area contributed by atoms with Crippen LogP contribution < -0.4 is 10.1 Å².